The van der Waals surface area contributed by atoms with Gasteiger partial charge in [0.25, 0.3) is 0 Å². The summed E-state index contributed by atoms with van der Waals surface area (Å²) in [6.07, 6.45) is -6.04. The average Bonchev–Trinajstić information content (AvgIpc) is 2.55. The van der Waals surface area contributed by atoms with E-state index in [1.54, 1.807) is 0 Å². The highest BCUT2D eigenvalue weighted by Crippen LogP contribution is 2.31. The second-order valence-electron chi connectivity index (χ2n) is 5.66. The summed E-state index contributed by atoms with van der Waals surface area (Å²) >= 11 is 0. The summed E-state index contributed by atoms with van der Waals surface area (Å²) in [7, 11) is 4.24. The lowest BCUT2D eigenvalue weighted by atomic mass is 9.94. The summed E-state index contributed by atoms with van der Waals surface area (Å²) in [5.74, 6) is -1.93. The lowest BCUT2D eigenvalue weighted by Crippen LogP contribution is -2.64. The van der Waals surface area contributed by atoms with Crippen molar-refractivity contribution in [2.45, 2.75) is 57.6 Å². The topological polar surface area (TPSA) is 116 Å². The maximum absolute atomic E-state index is 11.6. The van der Waals surface area contributed by atoms with Gasteiger partial charge in [0, 0.05) is 42.1 Å². The average molecular weight is 378 g/mol. The predicted molar refractivity (Wildman–Crippen MR) is 85.0 cm³/mol. The molecule has 0 bridgehead atoms. The molecule has 6 atom stereocenters. The van der Waals surface area contributed by atoms with E-state index in [-0.39, 0.29) is 6.61 Å². The van der Waals surface area contributed by atoms with Gasteiger partial charge >= 0.3 is 17.9 Å². The highest BCUT2D eigenvalue weighted by atomic mass is 16.7. The van der Waals surface area contributed by atoms with E-state index in [0.29, 0.717) is 0 Å². The van der Waals surface area contributed by atoms with Gasteiger partial charge < -0.3 is 33.2 Å². The van der Waals surface area contributed by atoms with Gasteiger partial charge in [0.05, 0.1) is 6.61 Å². The Balaban J connectivity index is 3.31. The Hall–Kier alpha value is -1.75. The maximum atomic E-state index is 11.6. The Bertz CT molecular complexity index is 493. The Morgan fingerprint density at radius 1 is 0.846 bits per heavy atom. The lowest BCUT2D eigenvalue weighted by Gasteiger charge is -2.45. The Labute approximate surface area is 151 Å². The number of rotatable bonds is 8. The molecule has 1 unspecified atom stereocenters. The summed E-state index contributed by atoms with van der Waals surface area (Å²) < 4.78 is 37.4. The summed E-state index contributed by atoms with van der Waals surface area (Å²) in [5, 5.41) is 0. The van der Waals surface area contributed by atoms with E-state index in [2.05, 4.69) is 0 Å². The molecule has 1 heterocycles. The second kappa shape index (κ2) is 10.4. The van der Waals surface area contributed by atoms with Crippen LogP contribution in [0.5, 0.6) is 0 Å². The van der Waals surface area contributed by atoms with E-state index < -0.39 is 54.7 Å². The summed E-state index contributed by atoms with van der Waals surface area (Å²) in [6.45, 7) is 3.68. The van der Waals surface area contributed by atoms with Gasteiger partial charge in [-0.3, -0.25) is 14.4 Å². The van der Waals surface area contributed by atoms with E-state index in [4.69, 9.17) is 33.2 Å². The SMILES string of the molecule is COC[C@@H](OC)[C@H]1OC(OC)[C@H](OC(C)=O)[C@@H](OC(C)=O)[C@@H]1OC(C)=O. The first-order chi connectivity index (χ1) is 12.2. The van der Waals surface area contributed by atoms with E-state index in [0.717, 1.165) is 0 Å². The summed E-state index contributed by atoms with van der Waals surface area (Å²) in [4.78, 5) is 34.7. The van der Waals surface area contributed by atoms with Gasteiger partial charge in [-0.05, 0) is 0 Å². The molecule has 0 amide bonds. The first kappa shape index (κ1) is 22.3. The van der Waals surface area contributed by atoms with Crippen molar-refractivity contribution in [3.05, 3.63) is 0 Å². The van der Waals surface area contributed by atoms with Crippen LogP contribution in [0, 0.1) is 0 Å². The molecule has 26 heavy (non-hydrogen) atoms. The van der Waals surface area contributed by atoms with Gasteiger partial charge in [-0.1, -0.05) is 0 Å². The monoisotopic (exact) mass is 378 g/mol. The molecule has 1 aliphatic heterocycles. The molecule has 0 N–H and O–H groups in total. The first-order valence-corrected chi connectivity index (χ1v) is 7.96. The molecule has 0 saturated carbocycles. The number of esters is 3. The zero-order valence-electron chi connectivity index (χ0n) is 15.8. The summed E-state index contributed by atoms with van der Waals surface area (Å²) in [6, 6.07) is 0. The zero-order valence-corrected chi connectivity index (χ0v) is 15.8. The van der Waals surface area contributed by atoms with Crippen molar-refractivity contribution in [2.75, 3.05) is 27.9 Å². The molecule has 0 aromatic carbocycles. The van der Waals surface area contributed by atoms with E-state index >= 15 is 0 Å². The number of carbonyl (C=O) groups is 3. The van der Waals surface area contributed by atoms with Crippen LogP contribution in [0.1, 0.15) is 20.8 Å². The molecule has 10 heteroatoms. The van der Waals surface area contributed by atoms with Crippen molar-refractivity contribution in [1.29, 1.82) is 0 Å². The Morgan fingerprint density at radius 3 is 1.77 bits per heavy atom. The number of hydrogen-bond donors (Lipinski definition) is 0. The van der Waals surface area contributed by atoms with Crippen LogP contribution < -0.4 is 0 Å². The predicted octanol–water partition coefficient (Wildman–Crippen LogP) is -0.186. The molecule has 0 radical (unpaired) electrons. The minimum Gasteiger partial charge on any atom is -0.456 e. The van der Waals surface area contributed by atoms with E-state index in [1.807, 2.05) is 0 Å². The number of ether oxygens (including phenoxy) is 7. The molecular weight excluding hydrogens is 352 g/mol. The van der Waals surface area contributed by atoms with Gasteiger partial charge in [0.15, 0.2) is 24.6 Å². The minimum absolute atomic E-state index is 0.111. The van der Waals surface area contributed by atoms with Gasteiger partial charge in [-0.25, -0.2) is 0 Å². The third-order valence-corrected chi connectivity index (χ3v) is 3.67. The molecule has 0 aliphatic carbocycles. The number of carbonyl (C=O) groups excluding carboxylic acids is 3. The van der Waals surface area contributed by atoms with Crippen molar-refractivity contribution < 1.29 is 47.5 Å². The third kappa shape index (κ3) is 5.90. The standard InChI is InChI=1S/C16H26O10/c1-8(17)23-13-12(11(21-5)7-20-4)26-16(22-6)15(25-10(3)19)14(13)24-9(2)18/h11-16H,7H2,1-6H3/t11-,12-,13-,14+,15-,16?/m1/s1. The Kier molecular flexibility index (Phi) is 8.93. The largest absolute Gasteiger partial charge is 0.456 e. The van der Waals surface area contributed by atoms with Crippen molar-refractivity contribution in [2.24, 2.45) is 0 Å². The molecule has 10 nitrogen and oxygen atoms in total. The van der Waals surface area contributed by atoms with Crippen LogP contribution in [-0.4, -0.2) is 82.7 Å². The lowest BCUT2D eigenvalue weighted by molar-refractivity contribution is -0.313. The fraction of sp³-hybridized carbons (Fsp3) is 0.812. The molecule has 0 spiro atoms. The van der Waals surface area contributed by atoms with Crippen molar-refractivity contribution in [3.63, 3.8) is 0 Å². The fourth-order valence-electron chi connectivity index (χ4n) is 2.75. The van der Waals surface area contributed by atoms with E-state index in [9.17, 15) is 14.4 Å². The van der Waals surface area contributed by atoms with Crippen LogP contribution in [-0.2, 0) is 47.5 Å². The molecular formula is C16H26O10. The second-order valence-corrected chi connectivity index (χ2v) is 5.66. The third-order valence-electron chi connectivity index (χ3n) is 3.67. The number of hydrogen-bond acceptors (Lipinski definition) is 10. The fourth-order valence-corrected chi connectivity index (χ4v) is 2.75. The highest BCUT2D eigenvalue weighted by Gasteiger charge is 2.54. The molecule has 150 valence electrons. The van der Waals surface area contributed by atoms with Crippen LogP contribution in [0.2, 0.25) is 0 Å². The first-order valence-electron chi connectivity index (χ1n) is 7.96. The van der Waals surface area contributed by atoms with Gasteiger partial charge in [-0.15, -0.1) is 0 Å². The normalized spacial score (nSPS) is 29.5. The molecule has 1 aliphatic rings. The molecule has 0 aromatic rings. The zero-order chi connectivity index (χ0) is 19.9. The van der Waals surface area contributed by atoms with Crippen LogP contribution >= 0.6 is 0 Å². The Morgan fingerprint density at radius 2 is 1.35 bits per heavy atom. The molecule has 1 rings (SSSR count). The van der Waals surface area contributed by atoms with E-state index in [1.165, 1.54) is 42.1 Å². The smallest absolute Gasteiger partial charge is 0.303 e. The van der Waals surface area contributed by atoms with Crippen molar-refractivity contribution in [3.8, 4) is 0 Å². The van der Waals surface area contributed by atoms with Gasteiger partial charge in [0.1, 0.15) is 12.2 Å². The van der Waals surface area contributed by atoms with Crippen LogP contribution in [0.15, 0.2) is 0 Å². The van der Waals surface area contributed by atoms with Gasteiger partial charge in [0.2, 0.25) is 0 Å². The molecule has 0 aromatic heterocycles. The van der Waals surface area contributed by atoms with Crippen LogP contribution in [0.3, 0.4) is 0 Å². The van der Waals surface area contributed by atoms with Crippen LogP contribution in [0.4, 0.5) is 0 Å². The van der Waals surface area contributed by atoms with Crippen molar-refractivity contribution >= 4 is 17.9 Å². The molecule has 1 saturated heterocycles. The van der Waals surface area contributed by atoms with Crippen LogP contribution in [0.25, 0.3) is 0 Å². The minimum atomic E-state index is -1.15. The summed E-state index contributed by atoms with van der Waals surface area (Å²) in [5.41, 5.74) is 0. The number of methoxy groups -OCH3 is 3. The maximum Gasteiger partial charge on any atom is 0.303 e. The van der Waals surface area contributed by atoms with Crippen molar-refractivity contribution in [1.82, 2.24) is 0 Å². The quantitative estimate of drug-likeness (QED) is 0.416. The van der Waals surface area contributed by atoms with Gasteiger partial charge in [-0.2, -0.15) is 0 Å². The highest BCUT2D eigenvalue weighted by molar-refractivity contribution is 5.68. The molecule has 1 fully saturated rings.